The fourth-order valence-electron chi connectivity index (χ4n) is 3.59. The van der Waals surface area contributed by atoms with Crippen molar-refractivity contribution in [2.75, 3.05) is 32.8 Å². The van der Waals surface area contributed by atoms with Crippen molar-refractivity contribution in [3.8, 4) is 0 Å². The van der Waals surface area contributed by atoms with E-state index in [2.05, 4.69) is 10.2 Å². The Labute approximate surface area is 168 Å². The SMILES string of the molecule is CC(C)C[C@@H](NC(=O)n1c(=O)n(CCN2CCOCC2)c2ccccc21)C(=O)O. The van der Waals surface area contributed by atoms with E-state index in [0.717, 1.165) is 17.7 Å². The van der Waals surface area contributed by atoms with Gasteiger partial charge < -0.3 is 15.2 Å². The monoisotopic (exact) mass is 404 g/mol. The predicted octanol–water partition coefficient (Wildman–Crippen LogP) is 1.19. The molecule has 0 spiro atoms. The quantitative estimate of drug-likeness (QED) is 0.718. The number of nitrogens with zero attached hydrogens (tertiary/aromatic N) is 3. The summed E-state index contributed by atoms with van der Waals surface area (Å²) >= 11 is 0. The topological polar surface area (TPSA) is 106 Å². The number of amides is 1. The first-order valence-corrected chi connectivity index (χ1v) is 9.92. The standard InChI is InChI=1S/C20H28N4O5/c1-14(2)13-15(18(25)26)21-19(27)24-17-6-4-3-5-16(17)23(20(24)28)8-7-22-9-11-29-12-10-22/h3-6,14-15H,7-13H2,1-2H3,(H,21,27)(H,25,26)/t15-/m1/s1. The number of aliphatic carboxylic acids is 1. The summed E-state index contributed by atoms with van der Waals surface area (Å²) in [7, 11) is 0. The van der Waals surface area contributed by atoms with Gasteiger partial charge in [0.05, 0.1) is 24.2 Å². The molecule has 0 bridgehead atoms. The lowest BCUT2D eigenvalue weighted by molar-refractivity contribution is -0.139. The number of hydrogen-bond acceptors (Lipinski definition) is 5. The van der Waals surface area contributed by atoms with Crippen molar-refractivity contribution in [1.82, 2.24) is 19.4 Å². The fraction of sp³-hybridized carbons (Fsp3) is 0.550. The second kappa shape index (κ2) is 9.23. The third kappa shape index (κ3) is 4.86. The molecule has 2 heterocycles. The summed E-state index contributed by atoms with van der Waals surface area (Å²) in [5.41, 5.74) is 0.646. The van der Waals surface area contributed by atoms with Crippen LogP contribution in [0.1, 0.15) is 20.3 Å². The number of carbonyl (C=O) groups is 2. The van der Waals surface area contributed by atoms with Crippen molar-refractivity contribution in [2.45, 2.75) is 32.9 Å². The number of carbonyl (C=O) groups excluding carboxylic acids is 1. The number of hydrogen-bond donors (Lipinski definition) is 2. The molecule has 158 valence electrons. The number of carboxylic acid groups (broad SMARTS) is 1. The van der Waals surface area contributed by atoms with Crippen molar-refractivity contribution < 1.29 is 19.4 Å². The summed E-state index contributed by atoms with van der Waals surface area (Å²) in [6, 6.07) is 5.28. The third-order valence-corrected chi connectivity index (χ3v) is 5.09. The van der Waals surface area contributed by atoms with E-state index in [9.17, 15) is 19.5 Å². The molecule has 9 heteroatoms. The molecule has 1 aromatic carbocycles. The van der Waals surface area contributed by atoms with Crippen LogP contribution in [0, 0.1) is 5.92 Å². The van der Waals surface area contributed by atoms with Gasteiger partial charge in [0.15, 0.2) is 0 Å². The number of para-hydroxylation sites is 2. The number of benzene rings is 1. The summed E-state index contributed by atoms with van der Waals surface area (Å²) in [6.07, 6.45) is 0.283. The average molecular weight is 404 g/mol. The fourth-order valence-corrected chi connectivity index (χ4v) is 3.59. The van der Waals surface area contributed by atoms with E-state index < -0.39 is 23.7 Å². The van der Waals surface area contributed by atoms with Gasteiger partial charge in [-0.25, -0.2) is 19.0 Å². The second-order valence-electron chi connectivity index (χ2n) is 7.68. The molecule has 1 aromatic heterocycles. The van der Waals surface area contributed by atoms with Crippen LogP contribution in [-0.2, 0) is 16.1 Å². The normalized spacial score (nSPS) is 16.2. The third-order valence-electron chi connectivity index (χ3n) is 5.09. The van der Waals surface area contributed by atoms with E-state index in [1.807, 2.05) is 19.9 Å². The Bertz CT molecular complexity index is 927. The van der Waals surface area contributed by atoms with Crippen LogP contribution in [0.3, 0.4) is 0 Å². The molecule has 0 unspecified atom stereocenters. The van der Waals surface area contributed by atoms with Crippen molar-refractivity contribution >= 4 is 23.0 Å². The van der Waals surface area contributed by atoms with Crippen LogP contribution >= 0.6 is 0 Å². The molecule has 1 atom stereocenters. The predicted molar refractivity (Wildman–Crippen MR) is 108 cm³/mol. The summed E-state index contributed by atoms with van der Waals surface area (Å²) in [4.78, 5) is 39.6. The Balaban J connectivity index is 1.87. The van der Waals surface area contributed by atoms with Crippen molar-refractivity contribution in [3.05, 3.63) is 34.7 Å². The highest BCUT2D eigenvalue weighted by molar-refractivity contribution is 5.91. The minimum absolute atomic E-state index is 0.0861. The van der Waals surface area contributed by atoms with Gasteiger partial charge in [0.25, 0.3) is 0 Å². The Morgan fingerprint density at radius 2 is 1.79 bits per heavy atom. The second-order valence-corrected chi connectivity index (χ2v) is 7.68. The van der Waals surface area contributed by atoms with E-state index in [4.69, 9.17) is 4.74 Å². The molecule has 1 aliphatic heterocycles. The Morgan fingerprint density at radius 1 is 1.14 bits per heavy atom. The first-order chi connectivity index (χ1) is 13.9. The maximum atomic E-state index is 13.1. The van der Waals surface area contributed by atoms with Gasteiger partial charge in [-0.15, -0.1) is 0 Å². The molecule has 2 N–H and O–H groups in total. The van der Waals surface area contributed by atoms with E-state index in [0.29, 0.717) is 37.3 Å². The zero-order chi connectivity index (χ0) is 21.0. The van der Waals surface area contributed by atoms with Gasteiger partial charge >= 0.3 is 17.7 Å². The molecule has 3 rings (SSSR count). The zero-order valence-electron chi connectivity index (χ0n) is 16.8. The number of ether oxygens (including phenoxy) is 1. The summed E-state index contributed by atoms with van der Waals surface area (Å²) in [5.74, 6) is -1.03. The summed E-state index contributed by atoms with van der Waals surface area (Å²) < 4.78 is 7.95. The van der Waals surface area contributed by atoms with Crippen molar-refractivity contribution in [1.29, 1.82) is 0 Å². The first-order valence-electron chi connectivity index (χ1n) is 9.92. The van der Waals surface area contributed by atoms with Gasteiger partial charge in [-0.3, -0.25) is 9.47 Å². The highest BCUT2D eigenvalue weighted by Gasteiger charge is 2.25. The van der Waals surface area contributed by atoms with E-state index in [1.165, 1.54) is 0 Å². The molecule has 0 radical (unpaired) electrons. The molecule has 0 aliphatic carbocycles. The molecule has 9 nitrogen and oxygen atoms in total. The number of aromatic nitrogens is 2. The molecule has 29 heavy (non-hydrogen) atoms. The average Bonchev–Trinajstić information content (AvgIpc) is 2.97. The van der Waals surface area contributed by atoms with Crippen LogP contribution in [0.25, 0.3) is 11.0 Å². The zero-order valence-corrected chi connectivity index (χ0v) is 16.8. The van der Waals surface area contributed by atoms with Gasteiger partial charge in [-0.2, -0.15) is 0 Å². The van der Waals surface area contributed by atoms with Gasteiger partial charge in [0.1, 0.15) is 6.04 Å². The largest absolute Gasteiger partial charge is 0.480 e. The van der Waals surface area contributed by atoms with E-state index >= 15 is 0 Å². The first kappa shape index (κ1) is 21.1. The minimum atomic E-state index is -1.11. The van der Waals surface area contributed by atoms with E-state index in [1.54, 1.807) is 22.8 Å². The van der Waals surface area contributed by atoms with Crippen molar-refractivity contribution in [2.24, 2.45) is 5.92 Å². The van der Waals surface area contributed by atoms with Crippen LogP contribution < -0.4 is 11.0 Å². The molecular weight excluding hydrogens is 376 g/mol. The highest BCUT2D eigenvalue weighted by atomic mass is 16.5. The maximum Gasteiger partial charge on any atom is 0.337 e. The lowest BCUT2D eigenvalue weighted by atomic mass is 10.0. The summed E-state index contributed by atoms with van der Waals surface area (Å²) in [5, 5.41) is 11.9. The van der Waals surface area contributed by atoms with Crippen LogP contribution in [0.4, 0.5) is 4.79 Å². The number of fused-ring (bicyclic) bond motifs is 1. The number of imidazole rings is 1. The lowest BCUT2D eigenvalue weighted by Crippen LogP contribution is -2.46. The van der Waals surface area contributed by atoms with Crippen LogP contribution in [0.15, 0.2) is 29.1 Å². The molecule has 1 saturated heterocycles. The van der Waals surface area contributed by atoms with Crippen LogP contribution in [0.5, 0.6) is 0 Å². The molecular formula is C20H28N4O5. The lowest BCUT2D eigenvalue weighted by Gasteiger charge is -2.26. The molecule has 1 fully saturated rings. The van der Waals surface area contributed by atoms with E-state index in [-0.39, 0.29) is 12.3 Å². The molecule has 0 saturated carbocycles. The Kier molecular flexibility index (Phi) is 6.71. The van der Waals surface area contributed by atoms with Gasteiger partial charge in [-0.1, -0.05) is 26.0 Å². The van der Waals surface area contributed by atoms with Crippen LogP contribution in [0.2, 0.25) is 0 Å². The van der Waals surface area contributed by atoms with Gasteiger partial charge in [0.2, 0.25) is 0 Å². The van der Waals surface area contributed by atoms with Gasteiger partial charge in [0, 0.05) is 26.2 Å². The molecule has 1 amide bonds. The van der Waals surface area contributed by atoms with Gasteiger partial charge in [-0.05, 0) is 24.5 Å². The minimum Gasteiger partial charge on any atom is -0.480 e. The Morgan fingerprint density at radius 3 is 2.41 bits per heavy atom. The Hall–Kier alpha value is -2.65. The maximum absolute atomic E-state index is 13.1. The molecule has 1 aliphatic rings. The number of rotatable bonds is 7. The number of carboxylic acids is 1. The van der Waals surface area contributed by atoms with Crippen molar-refractivity contribution in [3.63, 3.8) is 0 Å². The smallest absolute Gasteiger partial charge is 0.337 e. The number of nitrogens with one attached hydrogen (secondary N) is 1. The summed E-state index contributed by atoms with van der Waals surface area (Å²) in [6.45, 7) is 7.83. The number of morpholine rings is 1. The highest BCUT2D eigenvalue weighted by Crippen LogP contribution is 2.14. The molecule has 2 aromatic rings. The van der Waals surface area contributed by atoms with Crippen LogP contribution in [-0.4, -0.2) is 70.0 Å².